The Labute approximate surface area is 257 Å². The Bertz CT molecular complexity index is 737. The molecule has 0 unspecified atom stereocenters. The number of hydrogen-bond donors (Lipinski definition) is 2. The Morgan fingerprint density at radius 1 is 0.571 bits per heavy atom. The molecule has 42 heavy (non-hydrogen) atoms. The van der Waals surface area contributed by atoms with Crippen LogP contribution in [-0.2, 0) is 19.1 Å². The van der Waals surface area contributed by atoms with E-state index in [0.29, 0.717) is 25.9 Å². The van der Waals surface area contributed by atoms with Gasteiger partial charge in [-0.3, -0.25) is 9.59 Å². The highest BCUT2D eigenvalue weighted by molar-refractivity contribution is 5.69. The van der Waals surface area contributed by atoms with Crippen molar-refractivity contribution in [2.75, 3.05) is 19.8 Å². The molecule has 0 aromatic carbocycles. The van der Waals surface area contributed by atoms with Gasteiger partial charge in [-0.2, -0.15) is 0 Å². The van der Waals surface area contributed by atoms with Gasteiger partial charge in [0.2, 0.25) is 0 Å². The summed E-state index contributed by atoms with van der Waals surface area (Å²) < 4.78 is 10.2. The van der Waals surface area contributed by atoms with E-state index in [4.69, 9.17) is 14.6 Å². The van der Waals surface area contributed by atoms with Crippen molar-refractivity contribution in [3.8, 4) is 0 Å². The lowest BCUT2D eigenvalue weighted by atomic mass is 10.0. The predicted octanol–water partition coefficient (Wildman–Crippen LogP) is 8.72. The number of esters is 2. The van der Waals surface area contributed by atoms with E-state index in [1.807, 2.05) is 0 Å². The minimum Gasteiger partial charge on any atom is -0.463 e. The number of rotatable bonds is 29. The van der Waals surface area contributed by atoms with Gasteiger partial charge in [-0.15, -0.1) is 0 Å². The maximum Gasteiger partial charge on any atom is 0.305 e. The van der Waals surface area contributed by atoms with Crippen LogP contribution in [0.3, 0.4) is 0 Å². The minimum absolute atomic E-state index is 0.141. The van der Waals surface area contributed by atoms with Gasteiger partial charge in [0, 0.05) is 19.4 Å². The third-order valence-corrected chi connectivity index (χ3v) is 6.80. The van der Waals surface area contributed by atoms with Crippen molar-refractivity contribution < 1.29 is 29.3 Å². The molecule has 0 heterocycles. The quantitative estimate of drug-likeness (QED) is 0.0514. The van der Waals surface area contributed by atoms with Gasteiger partial charge >= 0.3 is 11.9 Å². The number of carbonyl (C=O) groups is 2. The molecular weight excluding hydrogens is 528 g/mol. The summed E-state index contributed by atoms with van der Waals surface area (Å²) in [5, 5.41) is 18.7. The highest BCUT2D eigenvalue weighted by Gasteiger charge is 2.11. The van der Waals surface area contributed by atoms with Crippen molar-refractivity contribution in [1.29, 1.82) is 0 Å². The van der Waals surface area contributed by atoms with Gasteiger partial charge in [-0.1, -0.05) is 114 Å². The first-order valence-corrected chi connectivity index (χ1v) is 16.7. The van der Waals surface area contributed by atoms with Crippen LogP contribution in [-0.4, -0.2) is 48.1 Å². The van der Waals surface area contributed by atoms with E-state index >= 15 is 0 Å². The first kappa shape index (κ1) is 39.8. The number of carbonyl (C=O) groups excluding carboxylic acids is 2. The minimum atomic E-state index is -0.991. The van der Waals surface area contributed by atoms with Gasteiger partial charge in [-0.05, 0) is 63.7 Å². The maximum atomic E-state index is 11.9. The van der Waals surface area contributed by atoms with Crippen LogP contribution in [0.2, 0.25) is 0 Å². The lowest BCUT2D eigenvalue weighted by molar-refractivity contribution is -0.152. The summed E-state index contributed by atoms with van der Waals surface area (Å²) in [7, 11) is 0. The molecule has 0 rings (SSSR count). The predicted molar refractivity (Wildman–Crippen MR) is 174 cm³/mol. The molecule has 1 atom stereocenters. The second-order valence-corrected chi connectivity index (χ2v) is 11.5. The Balaban J connectivity index is 3.59. The highest BCUT2D eigenvalue weighted by Crippen LogP contribution is 2.13. The summed E-state index contributed by atoms with van der Waals surface area (Å²) in [5.41, 5.74) is 0. The van der Waals surface area contributed by atoms with Crippen molar-refractivity contribution in [2.45, 2.75) is 142 Å². The zero-order chi connectivity index (χ0) is 30.9. The van der Waals surface area contributed by atoms with Crippen LogP contribution in [0.15, 0.2) is 48.6 Å². The summed E-state index contributed by atoms with van der Waals surface area (Å²) in [6.07, 6.45) is 34.7. The third-order valence-electron chi connectivity index (χ3n) is 6.80. The van der Waals surface area contributed by atoms with Gasteiger partial charge < -0.3 is 19.7 Å². The third kappa shape index (κ3) is 32.3. The van der Waals surface area contributed by atoms with Crippen molar-refractivity contribution >= 4 is 11.9 Å². The molecule has 0 aliphatic carbocycles. The fourth-order valence-electron chi connectivity index (χ4n) is 4.24. The van der Waals surface area contributed by atoms with E-state index in [2.05, 4.69) is 62.5 Å². The number of ether oxygens (including phenoxy) is 2. The first-order valence-electron chi connectivity index (χ1n) is 16.7. The molecule has 2 N–H and O–H groups in total. The van der Waals surface area contributed by atoms with Crippen molar-refractivity contribution in [1.82, 2.24) is 0 Å². The van der Waals surface area contributed by atoms with Gasteiger partial charge in [0.1, 0.15) is 19.3 Å². The molecule has 0 fully saturated rings. The normalized spacial score (nSPS) is 12.9. The van der Waals surface area contributed by atoms with Crippen LogP contribution in [0, 0.1) is 5.92 Å². The van der Waals surface area contributed by atoms with E-state index in [1.165, 1.54) is 32.1 Å². The number of aliphatic hydroxyl groups excluding tert-OH is 2. The number of hydrogen-bond acceptors (Lipinski definition) is 6. The van der Waals surface area contributed by atoms with Crippen LogP contribution in [0.5, 0.6) is 0 Å². The van der Waals surface area contributed by atoms with Crippen molar-refractivity contribution in [3.63, 3.8) is 0 Å². The van der Waals surface area contributed by atoms with Crippen LogP contribution < -0.4 is 0 Å². The second-order valence-electron chi connectivity index (χ2n) is 11.5. The molecule has 0 aromatic rings. The highest BCUT2D eigenvalue weighted by atomic mass is 16.6. The Hall–Kier alpha value is -2.18. The summed E-state index contributed by atoms with van der Waals surface area (Å²) >= 11 is 0. The Morgan fingerprint density at radius 2 is 1.00 bits per heavy atom. The molecule has 0 spiro atoms. The smallest absolute Gasteiger partial charge is 0.305 e. The standard InChI is InChI=1S/C36H62O6/c1-33(2)27-23-19-15-14-17-21-25-29-36(40)42-32-34(38)31-41-35(39)28-24-20-16-12-10-8-6-4-3-5-7-9-11-13-18-22-26-30-37/h3,5-6,8-9,11-12,16,33-34,37-38H,4,7,10,13-15,17-32H2,1-2H3/b5-3-,8-6-,11-9-,16-12-/t34-/m1/s1. The Morgan fingerprint density at radius 3 is 1.52 bits per heavy atom. The Kier molecular flexibility index (Phi) is 30.1. The average Bonchev–Trinajstić information content (AvgIpc) is 2.97. The molecule has 0 amide bonds. The van der Waals surface area contributed by atoms with E-state index in [9.17, 15) is 14.7 Å². The molecule has 0 saturated heterocycles. The van der Waals surface area contributed by atoms with E-state index < -0.39 is 6.10 Å². The largest absolute Gasteiger partial charge is 0.463 e. The average molecular weight is 591 g/mol. The first-order chi connectivity index (χ1) is 20.5. The van der Waals surface area contributed by atoms with Gasteiger partial charge in [0.15, 0.2) is 0 Å². The van der Waals surface area contributed by atoms with E-state index in [0.717, 1.165) is 76.5 Å². The van der Waals surface area contributed by atoms with Crippen LogP contribution in [0.25, 0.3) is 0 Å². The van der Waals surface area contributed by atoms with E-state index in [-0.39, 0.29) is 25.2 Å². The van der Waals surface area contributed by atoms with Crippen molar-refractivity contribution in [3.05, 3.63) is 48.6 Å². The molecular formula is C36H62O6. The fourth-order valence-corrected chi connectivity index (χ4v) is 4.24. The number of aliphatic hydroxyl groups is 2. The van der Waals surface area contributed by atoms with Crippen LogP contribution in [0.4, 0.5) is 0 Å². The lowest BCUT2D eigenvalue weighted by Crippen LogP contribution is -2.25. The zero-order valence-electron chi connectivity index (χ0n) is 26.9. The van der Waals surface area contributed by atoms with Gasteiger partial charge in [0.05, 0.1) is 0 Å². The molecule has 0 aliphatic rings. The topological polar surface area (TPSA) is 93.1 Å². The van der Waals surface area contributed by atoms with Gasteiger partial charge in [-0.25, -0.2) is 0 Å². The zero-order valence-corrected chi connectivity index (χ0v) is 26.9. The van der Waals surface area contributed by atoms with E-state index in [1.54, 1.807) is 0 Å². The molecule has 0 aliphatic heterocycles. The summed E-state index contributed by atoms with van der Waals surface area (Å²) in [4.78, 5) is 23.7. The molecule has 0 radical (unpaired) electrons. The maximum absolute atomic E-state index is 11.9. The fraction of sp³-hybridized carbons (Fsp3) is 0.722. The monoisotopic (exact) mass is 590 g/mol. The molecule has 6 heteroatoms. The molecule has 0 aromatic heterocycles. The molecule has 0 saturated carbocycles. The summed E-state index contributed by atoms with van der Waals surface area (Å²) in [6.45, 7) is 4.53. The van der Waals surface area contributed by atoms with Crippen LogP contribution >= 0.6 is 0 Å². The summed E-state index contributed by atoms with van der Waals surface area (Å²) in [5.74, 6) is 0.136. The number of unbranched alkanes of at least 4 members (excludes halogenated alkanes) is 10. The molecule has 0 bridgehead atoms. The molecule has 6 nitrogen and oxygen atoms in total. The SMILES string of the molecule is CC(C)CCCCCCCCCC(=O)OC[C@H](O)COC(=O)CCC/C=C\C/C=C\C/C=C\C/C=C\CCCCCO. The van der Waals surface area contributed by atoms with Crippen LogP contribution in [0.1, 0.15) is 136 Å². The second kappa shape index (κ2) is 31.7. The summed E-state index contributed by atoms with van der Waals surface area (Å²) in [6, 6.07) is 0. The van der Waals surface area contributed by atoms with Crippen molar-refractivity contribution in [2.24, 2.45) is 5.92 Å². The number of allylic oxidation sites excluding steroid dienone is 8. The molecule has 242 valence electrons. The lowest BCUT2D eigenvalue weighted by Gasteiger charge is -2.12. The van der Waals surface area contributed by atoms with Gasteiger partial charge in [0.25, 0.3) is 0 Å².